The molecule has 3 rings (SSSR count). The molecule has 0 spiro atoms. The second kappa shape index (κ2) is 8.16. The summed E-state index contributed by atoms with van der Waals surface area (Å²) in [5, 5.41) is 9.78. The average molecular weight is 365 g/mol. The first-order chi connectivity index (χ1) is 11.6. The van der Waals surface area contributed by atoms with Gasteiger partial charge in [0.25, 0.3) is 0 Å². The van der Waals surface area contributed by atoms with E-state index >= 15 is 0 Å². The van der Waals surface area contributed by atoms with Crippen molar-refractivity contribution in [1.29, 1.82) is 0 Å². The van der Waals surface area contributed by atoms with Gasteiger partial charge in [0.2, 0.25) is 11.1 Å². The molecule has 7 heteroatoms. The zero-order valence-electron chi connectivity index (χ0n) is 14.2. The number of rotatable bonds is 6. The minimum absolute atomic E-state index is 0.165. The molecule has 5 nitrogen and oxygen atoms in total. The van der Waals surface area contributed by atoms with Crippen LogP contribution in [-0.2, 0) is 11.2 Å². The molecular weight excluding hydrogens is 340 g/mol. The summed E-state index contributed by atoms with van der Waals surface area (Å²) in [7, 11) is 1.94. The normalized spacial score (nSPS) is 16.9. The molecule has 1 saturated carbocycles. The highest BCUT2D eigenvalue weighted by molar-refractivity contribution is 8.00. The van der Waals surface area contributed by atoms with E-state index in [-0.39, 0.29) is 11.2 Å². The van der Waals surface area contributed by atoms with Gasteiger partial charge < -0.3 is 4.90 Å². The van der Waals surface area contributed by atoms with Crippen LogP contribution in [0.25, 0.3) is 0 Å². The Bertz CT molecular complexity index is 649. The molecule has 1 amide bonds. The number of thiophene rings is 1. The van der Waals surface area contributed by atoms with Gasteiger partial charge in [-0.15, -0.1) is 16.4 Å². The highest BCUT2D eigenvalue weighted by Gasteiger charge is 2.26. The zero-order chi connectivity index (χ0) is 16.9. The van der Waals surface area contributed by atoms with Crippen LogP contribution in [0.4, 0.5) is 0 Å². The van der Waals surface area contributed by atoms with Crippen LogP contribution in [-0.4, -0.2) is 44.3 Å². The molecule has 130 valence electrons. The molecule has 1 aliphatic carbocycles. The van der Waals surface area contributed by atoms with Gasteiger partial charge >= 0.3 is 0 Å². The topological polar surface area (TPSA) is 61.9 Å². The Morgan fingerprint density at radius 1 is 1.46 bits per heavy atom. The van der Waals surface area contributed by atoms with Crippen molar-refractivity contribution >= 4 is 29.0 Å². The molecule has 0 radical (unpaired) electrons. The average Bonchev–Trinajstić information content (AvgIpc) is 3.27. The highest BCUT2D eigenvalue weighted by Crippen LogP contribution is 2.26. The summed E-state index contributed by atoms with van der Waals surface area (Å²) < 4.78 is 0. The molecule has 24 heavy (non-hydrogen) atoms. The van der Waals surface area contributed by atoms with Crippen LogP contribution >= 0.6 is 23.1 Å². The Morgan fingerprint density at radius 3 is 2.96 bits per heavy atom. The van der Waals surface area contributed by atoms with E-state index in [2.05, 4.69) is 26.6 Å². The number of carbonyl (C=O) groups is 1. The van der Waals surface area contributed by atoms with Crippen LogP contribution in [0.15, 0.2) is 22.7 Å². The van der Waals surface area contributed by atoms with Gasteiger partial charge in [0.15, 0.2) is 0 Å². The van der Waals surface area contributed by atoms with Crippen molar-refractivity contribution in [2.75, 3.05) is 7.05 Å². The number of thioether (sulfide) groups is 1. The molecule has 0 saturated heterocycles. The molecule has 1 unspecified atom stereocenters. The Hall–Kier alpha value is -1.34. The molecule has 2 aromatic heterocycles. The fraction of sp³-hybridized carbons (Fsp3) is 0.588. The largest absolute Gasteiger partial charge is 0.342 e. The maximum absolute atomic E-state index is 12.7. The monoisotopic (exact) mass is 364 g/mol. The molecule has 0 bridgehead atoms. The number of nitrogens with zero attached hydrogens (tertiary/aromatic N) is 3. The van der Waals surface area contributed by atoms with Crippen molar-refractivity contribution in [2.24, 2.45) is 0 Å². The Labute approximate surface area is 151 Å². The summed E-state index contributed by atoms with van der Waals surface area (Å²) >= 11 is 3.15. The molecular formula is C17H24N4OS2. The van der Waals surface area contributed by atoms with E-state index < -0.39 is 0 Å². The Morgan fingerprint density at radius 2 is 2.25 bits per heavy atom. The van der Waals surface area contributed by atoms with E-state index in [1.807, 2.05) is 24.9 Å². The number of aromatic nitrogens is 3. The number of hydrogen-bond acceptors (Lipinski definition) is 5. The van der Waals surface area contributed by atoms with Crippen molar-refractivity contribution in [3.8, 4) is 0 Å². The van der Waals surface area contributed by atoms with Crippen molar-refractivity contribution < 1.29 is 4.79 Å². The Balaban J connectivity index is 1.54. The summed E-state index contributed by atoms with van der Waals surface area (Å²) in [6.45, 7) is 1.95. The summed E-state index contributed by atoms with van der Waals surface area (Å²) in [6, 6.07) is 4.52. The summed E-state index contributed by atoms with van der Waals surface area (Å²) in [5.74, 6) is 1.02. The SMILES string of the molecule is CC(Sc1n[nH]c(Cc2cccs2)n1)C(=O)N(C)C1CCCCC1. The fourth-order valence-electron chi connectivity index (χ4n) is 3.13. The second-order valence-corrected chi connectivity index (χ2v) is 8.66. The maximum Gasteiger partial charge on any atom is 0.235 e. The third-order valence-electron chi connectivity index (χ3n) is 4.53. The lowest BCUT2D eigenvalue weighted by Gasteiger charge is -2.32. The Kier molecular flexibility index (Phi) is 5.94. The third-order valence-corrected chi connectivity index (χ3v) is 6.36. The number of hydrogen-bond donors (Lipinski definition) is 1. The van der Waals surface area contributed by atoms with Gasteiger partial charge in [-0.2, -0.15) is 0 Å². The number of carbonyl (C=O) groups excluding carboxylic acids is 1. The predicted octanol–water partition coefficient (Wildman–Crippen LogP) is 3.73. The number of aromatic amines is 1. The smallest absolute Gasteiger partial charge is 0.235 e. The summed E-state index contributed by atoms with van der Waals surface area (Å²) in [6.07, 6.45) is 6.78. The van der Waals surface area contributed by atoms with Gasteiger partial charge in [-0.1, -0.05) is 37.1 Å². The molecule has 2 heterocycles. The zero-order valence-corrected chi connectivity index (χ0v) is 15.8. The molecule has 1 atom stereocenters. The van der Waals surface area contributed by atoms with E-state index in [4.69, 9.17) is 0 Å². The molecule has 1 N–H and O–H groups in total. The molecule has 2 aromatic rings. The summed E-state index contributed by atoms with van der Waals surface area (Å²) in [5.41, 5.74) is 0. The number of amides is 1. The number of H-pyrrole nitrogens is 1. The van der Waals surface area contributed by atoms with Gasteiger partial charge in [0, 0.05) is 24.4 Å². The standard InChI is InChI=1S/C17H24N4OS2/c1-12(16(22)21(2)13-7-4-3-5-8-13)24-17-18-15(19-20-17)11-14-9-6-10-23-14/h6,9-10,12-13H,3-5,7-8,11H2,1-2H3,(H,18,19,20). The number of nitrogens with one attached hydrogen (secondary N) is 1. The highest BCUT2D eigenvalue weighted by atomic mass is 32.2. The first kappa shape index (κ1) is 17.5. The van der Waals surface area contributed by atoms with Crippen LogP contribution in [0, 0.1) is 0 Å². The van der Waals surface area contributed by atoms with Crippen LogP contribution < -0.4 is 0 Å². The molecule has 0 aliphatic heterocycles. The molecule has 1 aliphatic rings. The molecule has 0 aromatic carbocycles. The van der Waals surface area contributed by atoms with Crippen LogP contribution in [0.1, 0.15) is 49.7 Å². The second-order valence-electron chi connectivity index (χ2n) is 6.32. The third kappa shape index (κ3) is 4.39. The lowest BCUT2D eigenvalue weighted by Crippen LogP contribution is -2.42. The van der Waals surface area contributed by atoms with E-state index in [1.165, 1.54) is 35.9 Å². The van der Waals surface area contributed by atoms with Crippen LogP contribution in [0.3, 0.4) is 0 Å². The lowest BCUT2D eigenvalue weighted by atomic mass is 9.94. The molecule has 1 fully saturated rings. The van der Waals surface area contributed by atoms with Gasteiger partial charge in [-0.25, -0.2) is 4.98 Å². The van der Waals surface area contributed by atoms with Crippen LogP contribution in [0.5, 0.6) is 0 Å². The van der Waals surface area contributed by atoms with Gasteiger partial charge in [0.1, 0.15) is 5.82 Å². The minimum atomic E-state index is -0.165. The quantitative estimate of drug-likeness (QED) is 0.794. The van der Waals surface area contributed by atoms with E-state index in [9.17, 15) is 4.79 Å². The maximum atomic E-state index is 12.7. The van der Waals surface area contributed by atoms with E-state index in [0.717, 1.165) is 25.1 Å². The van der Waals surface area contributed by atoms with Crippen molar-refractivity contribution in [3.05, 3.63) is 28.2 Å². The first-order valence-electron chi connectivity index (χ1n) is 8.50. The lowest BCUT2D eigenvalue weighted by molar-refractivity contribution is -0.131. The predicted molar refractivity (Wildman–Crippen MR) is 98.5 cm³/mol. The van der Waals surface area contributed by atoms with E-state index in [1.54, 1.807) is 11.3 Å². The van der Waals surface area contributed by atoms with E-state index in [0.29, 0.717) is 11.2 Å². The summed E-state index contributed by atoms with van der Waals surface area (Å²) in [4.78, 5) is 20.4. The minimum Gasteiger partial charge on any atom is -0.342 e. The van der Waals surface area contributed by atoms with Gasteiger partial charge in [-0.05, 0) is 31.2 Å². The van der Waals surface area contributed by atoms with Crippen LogP contribution in [0.2, 0.25) is 0 Å². The van der Waals surface area contributed by atoms with Crippen molar-refractivity contribution in [1.82, 2.24) is 20.1 Å². The van der Waals surface area contributed by atoms with Crippen molar-refractivity contribution in [2.45, 2.75) is 61.9 Å². The fourth-order valence-corrected chi connectivity index (χ4v) is 4.69. The first-order valence-corrected chi connectivity index (χ1v) is 10.3. The van der Waals surface area contributed by atoms with Gasteiger partial charge in [0.05, 0.1) is 5.25 Å². The van der Waals surface area contributed by atoms with Gasteiger partial charge in [-0.3, -0.25) is 9.89 Å². The van der Waals surface area contributed by atoms with Crippen molar-refractivity contribution in [3.63, 3.8) is 0 Å².